The van der Waals surface area contributed by atoms with E-state index in [1.54, 1.807) is 15.9 Å². The number of thiophene rings is 1. The summed E-state index contributed by atoms with van der Waals surface area (Å²) in [7, 11) is 0. The third-order valence-electron chi connectivity index (χ3n) is 4.42. The van der Waals surface area contributed by atoms with E-state index < -0.39 is 0 Å². The Morgan fingerprint density at radius 3 is 2.81 bits per heavy atom. The molecule has 0 aliphatic carbocycles. The van der Waals surface area contributed by atoms with Crippen LogP contribution in [0.15, 0.2) is 59.6 Å². The summed E-state index contributed by atoms with van der Waals surface area (Å²) in [5, 5.41) is 11.5. The average molecular weight is 376 g/mol. The highest BCUT2D eigenvalue weighted by atomic mass is 32.1. The quantitative estimate of drug-likeness (QED) is 0.515. The van der Waals surface area contributed by atoms with Crippen LogP contribution in [0.5, 0.6) is 0 Å². The molecule has 136 valence electrons. The first-order chi connectivity index (χ1) is 13.2. The number of benzene rings is 1. The van der Waals surface area contributed by atoms with E-state index in [-0.39, 0.29) is 5.91 Å². The number of amides is 1. The Labute approximate surface area is 161 Å². The molecule has 1 aromatic carbocycles. The smallest absolute Gasteiger partial charge is 0.251 e. The molecule has 6 heteroatoms. The Morgan fingerprint density at radius 1 is 1.19 bits per heavy atom. The van der Waals surface area contributed by atoms with Gasteiger partial charge in [-0.3, -0.25) is 4.79 Å². The van der Waals surface area contributed by atoms with Crippen LogP contribution in [0, 0.1) is 6.92 Å². The van der Waals surface area contributed by atoms with Crippen molar-refractivity contribution in [3.05, 3.63) is 76.4 Å². The lowest BCUT2D eigenvalue weighted by Gasteiger charge is -2.06. The van der Waals surface area contributed by atoms with E-state index in [0.29, 0.717) is 12.1 Å². The molecule has 4 aromatic rings. The molecule has 0 spiro atoms. The SMILES string of the molecule is Cc1cc2ncc(CCCNC(=O)c3ccc(-c4ccsc4)cc3)cn2n1. The predicted octanol–water partition coefficient (Wildman–Crippen LogP) is 4.13. The van der Waals surface area contributed by atoms with Gasteiger partial charge in [0, 0.05) is 30.6 Å². The Morgan fingerprint density at radius 2 is 2.04 bits per heavy atom. The molecule has 1 N–H and O–H groups in total. The summed E-state index contributed by atoms with van der Waals surface area (Å²) >= 11 is 1.67. The number of rotatable bonds is 6. The summed E-state index contributed by atoms with van der Waals surface area (Å²) in [6, 6.07) is 11.8. The third kappa shape index (κ3) is 4.06. The van der Waals surface area contributed by atoms with Crippen molar-refractivity contribution in [1.82, 2.24) is 19.9 Å². The van der Waals surface area contributed by atoms with Gasteiger partial charge in [-0.25, -0.2) is 9.50 Å². The van der Waals surface area contributed by atoms with Gasteiger partial charge in [-0.1, -0.05) is 12.1 Å². The van der Waals surface area contributed by atoms with Crippen molar-refractivity contribution < 1.29 is 4.79 Å². The van der Waals surface area contributed by atoms with Crippen LogP contribution < -0.4 is 5.32 Å². The van der Waals surface area contributed by atoms with Gasteiger partial charge in [0.05, 0.1) is 5.69 Å². The monoisotopic (exact) mass is 376 g/mol. The molecular weight excluding hydrogens is 356 g/mol. The van der Waals surface area contributed by atoms with Crippen LogP contribution in [0.2, 0.25) is 0 Å². The summed E-state index contributed by atoms with van der Waals surface area (Å²) in [4.78, 5) is 16.7. The molecule has 1 amide bonds. The number of fused-ring (bicyclic) bond motifs is 1. The molecule has 0 aliphatic rings. The molecule has 0 atom stereocenters. The van der Waals surface area contributed by atoms with Gasteiger partial charge in [-0.15, -0.1) is 0 Å². The normalized spacial score (nSPS) is 11.0. The van der Waals surface area contributed by atoms with E-state index >= 15 is 0 Å². The van der Waals surface area contributed by atoms with Gasteiger partial charge < -0.3 is 5.32 Å². The van der Waals surface area contributed by atoms with Crippen LogP contribution >= 0.6 is 11.3 Å². The van der Waals surface area contributed by atoms with Crippen molar-refractivity contribution in [2.45, 2.75) is 19.8 Å². The molecular formula is C21H20N4OS. The standard InChI is InChI=1S/C21H20N4OS/c1-15-11-20-23-12-16(13-25(20)24-15)3-2-9-22-21(26)18-6-4-17(5-7-18)19-8-10-27-14-19/h4-8,10-14H,2-3,9H2,1H3,(H,22,26). The van der Waals surface area contributed by atoms with E-state index in [4.69, 9.17) is 0 Å². The predicted molar refractivity (Wildman–Crippen MR) is 108 cm³/mol. The topological polar surface area (TPSA) is 59.3 Å². The lowest BCUT2D eigenvalue weighted by Crippen LogP contribution is -2.24. The van der Waals surface area contributed by atoms with Gasteiger partial charge in [0.15, 0.2) is 5.65 Å². The van der Waals surface area contributed by atoms with E-state index in [0.717, 1.165) is 35.3 Å². The number of carbonyl (C=O) groups is 1. The first-order valence-corrected chi connectivity index (χ1v) is 9.85. The Balaban J connectivity index is 1.28. The Hall–Kier alpha value is -2.99. The van der Waals surface area contributed by atoms with Gasteiger partial charge in [0.1, 0.15) is 0 Å². The highest BCUT2D eigenvalue weighted by molar-refractivity contribution is 7.08. The molecule has 0 unspecified atom stereocenters. The largest absolute Gasteiger partial charge is 0.352 e. The maximum Gasteiger partial charge on any atom is 0.251 e. The van der Waals surface area contributed by atoms with Gasteiger partial charge >= 0.3 is 0 Å². The second-order valence-electron chi connectivity index (χ2n) is 6.50. The van der Waals surface area contributed by atoms with Gasteiger partial charge in [-0.05, 0) is 65.4 Å². The lowest BCUT2D eigenvalue weighted by atomic mass is 10.1. The van der Waals surface area contributed by atoms with E-state index in [1.807, 2.05) is 49.6 Å². The molecule has 27 heavy (non-hydrogen) atoms. The van der Waals surface area contributed by atoms with E-state index in [1.165, 1.54) is 5.56 Å². The number of aromatic nitrogens is 3. The second kappa shape index (κ2) is 7.72. The van der Waals surface area contributed by atoms with Crippen molar-refractivity contribution in [1.29, 1.82) is 0 Å². The lowest BCUT2D eigenvalue weighted by molar-refractivity contribution is 0.0953. The fourth-order valence-corrected chi connectivity index (χ4v) is 3.67. The average Bonchev–Trinajstić information content (AvgIpc) is 3.33. The second-order valence-corrected chi connectivity index (χ2v) is 7.28. The van der Waals surface area contributed by atoms with E-state index in [9.17, 15) is 4.79 Å². The minimum absolute atomic E-state index is 0.0388. The summed E-state index contributed by atoms with van der Waals surface area (Å²) in [6.07, 6.45) is 5.58. The zero-order valence-corrected chi connectivity index (χ0v) is 15.9. The number of aryl methyl sites for hydroxylation is 2. The maximum absolute atomic E-state index is 12.3. The van der Waals surface area contributed by atoms with Crippen LogP contribution in [0.25, 0.3) is 16.8 Å². The fourth-order valence-electron chi connectivity index (χ4n) is 3.00. The molecule has 0 aliphatic heterocycles. The zero-order valence-electron chi connectivity index (χ0n) is 15.1. The van der Waals surface area contributed by atoms with Crippen LogP contribution in [0.1, 0.15) is 28.0 Å². The minimum Gasteiger partial charge on any atom is -0.352 e. The van der Waals surface area contributed by atoms with E-state index in [2.05, 4.69) is 32.2 Å². The van der Waals surface area contributed by atoms with Crippen molar-refractivity contribution in [2.75, 3.05) is 6.54 Å². The summed E-state index contributed by atoms with van der Waals surface area (Å²) in [5.41, 5.74) is 5.92. The first-order valence-electron chi connectivity index (χ1n) is 8.91. The molecule has 5 nitrogen and oxygen atoms in total. The van der Waals surface area contributed by atoms with Crippen LogP contribution in [-0.2, 0) is 6.42 Å². The van der Waals surface area contributed by atoms with Crippen molar-refractivity contribution >= 4 is 22.9 Å². The summed E-state index contributed by atoms with van der Waals surface area (Å²) in [5.74, 6) is -0.0388. The fraction of sp³-hybridized carbons (Fsp3) is 0.190. The summed E-state index contributed by atoms with van der Waals surface area (Å²) in [6.45, 7) is 2.58. The number of nitrogens with one attached hydrogen (secondary N) is 1. The first kappa shape index (κ1) is 17.4. The third-order valence-corrected chi connectivity index (χ3v) is 5.10. The maximum atomic E-state index is 12.3. The molecule has 3 aromatic heterocycles. The van der Waals surface area contributed by atoms with Crippen molar-refractivity contribution in [3.8, 4) is 11.1 Å². The highest BCUT2D eigenvalue weighted by Gasteiger charge is 2.06. The van der Waals surface area contributed by atoms with Crippen molar-refractivity contribution in [2.24, 2.45) is 0 Å². The van der Waals surface area contributed by atoms with Gasteiger partial charge in [0.25, 0.3) is 5.91 Å². The molecule has 4 rings (SSSR count). The Bertz CT molecular complexity index is 1050. The number of hydrogen-bond donors (Lipinski definition) is 1. The zero-order chi connectivity index (χ0) is 18.6. The molecule has 0 saturated carbocycles. The minimum atomic E-state index is -0.0388. The molecule has 0 saturated heterocycles. The Kier molecular flexibility index (Phi) is 4.98. The number of carbonyl (C=O) groups excluding carboxylic acids is 1. The van der Waals surface area contributed by atoms with Crippen LogP contribution in [0.4, 0.5) is 0 Å². The number of hydrogen-bond acceptors (Lipinski definition) is 4. The van der Waals surface area contributed by atoms with Gasteiger partial charge in [0.2, 0.25) is 0 Å². The van der Waals surface area contributed by atoms with Gasteiger partial charge in [-0.2, -0.15) is 16.4 Å². The highest BCUT2D eigenvalue weighted by Crippen LogP contribution is 2.22. The number of nitrogens with zero attached hydrogens (tertiary/aromatic N) is 3. The molecule has 0 radical (unpaired) electrons. The summed E-state index contributed by atoms with van der Waals surface area (Å²) < 4.78 is 1.80. The molecule has 3 heterocycles. The van der Waals surface area contributed by atoms with Crippen LogP contribution in [-0.4, -0.2) is 27.0 Å². The van der Waals surface area contributed by atoms with Crippen LogP contribution in [0.3, 0.4) is 0 Å². The molecule has 0 fully saturated rings. The molecule has 0 bridgehead atoms. The van der Waals surface area contributed by atoms with Crippen molar-refractivity contribution in [3.63, 3.8) is 0 Å².